The predicted molar refractivity (Wildman–Crippen MR) is 69.6 cm³/mol. The summed E-state index contributed by atoms with van der Waals surface area (Å²) in [5.41, 5.74) is 7.52. The summed E-state index contributed by atoms with van der Waals surface area (Å²) in [6, 6.07) is 7.71. The third-order valence-electron chi connectivity index (χ3n) is 3.58. The number of hydrogen-bond acceptors (Lipinski definition) is 4. The second-order valence-electron chi connectivity index (χ2n) is 4.96. The van der Waals surface area contributed by atoms with Gasteiger partial charge in [-0.25, -0.2) is 4.68 Å². The van der Waals surface area contributed by atoms with Crippen LogP contribution in [0.25, 0.3) is 11.4 Å². The highest BCUT2D eigenvalue weighted by Crippen LogP contribution is 2.27. The first-order valence-electron chi connectivity index (χ1n) is 6.45. The Morgan fingerprint density at radius 2 is 2.11 bits per heavy atom. The Labute approximate surface area is 106 Å². The number of aromatic nitrogens is 4. The number of anilines is 1. The molecule has 0 saturated heterocycles. The van der Waals surface area contributed by atoms with Gasteiger partial charge in [0.1, 0.15) is 0 Å². The summed E-state index contributed by atoms with van der Waals surface area (Å²) < 4.78 is 1.91. The molecule has 1 aromatic carbocycles. The SMILES string of the molecule is Nc1cccc(-c2nnnn2CC2CCCC2)c1. The van der Waals surface area contributed by atoms with Crippen molar-refractivity contribution in [2.45, 2.75) is 32.2 Å². The lowest BCUT2D eigenvalue weighted by molar-refractivity contribution is 0.424. The smallest absolute Gasteiger partial charge is 0.182 e. The molecule has 94 valence electrons. The summed E-state index contributed by atoms with van der Waals surface area (Å²) in [6.45, 7) is 0.914. The van der Waals surface area contributed by atoms with Gasteiger partial charge < -0.3 is 5.73 Å². The van der Waals surface area contributed by atoms with Crippen LogP contribution in [0.2, 0.25) is 0 Å². The molecule has 1 fully saturated rings. The minimum Gasteiger partial charge on any atom is -0.399 e. The van der Waals surface area contributed by atoms with Gasteiger partial charge in [0.25, 0.3) is 0 Å². The highest BCUT2D eigenvalue weighted by Gasteiger charge is 2.18. The first kappa shape index (κ1) is 11.2. The van der Waals surface area contributed by atoms with Gasteiger partial charge in [0.05, 0.1) is 0 Å². The van der Waals surface area contributed by atoms with Crippen LogP contribution < -0.4 is 5.73 Å². The van der Waals surface area contributed by atoms with E-state index in [-0.39, 0.29) is 0 Å². The van der Waals surface area contributed by atoms with Crippen LogP contribution in [0.5, 0.6) is 0 Å². The molecule has 0 unspecified atom stereocenters. The molecule has 0 aliphatic heterocycles. The van der Waals surface area contributed by atoms with Crippen molar-refractivity contribution in [2.75, 3.05) is 5.73 Å². The number of nitrogens with zero attached hydrogens (tertiary/aromatic N) is 4. The lowest BCUT2D eigenvalue weighted by Gasteiger charge is -2.10. The maximum atomic E-state index is 5.80. The van der Waals surface area contributed by atoms with Crippen LogP contribution in [0.15, 0.2) is 24.3 Å². The highest BCUT2D eigenvalue weighted by atomic mass is 15.5. The molecular formula is C13H17N5. The number of nitrogen functional groups attached to an aromatic ring is 1. The quantitative estimate of drug-likeness (QED) is 0.838. The van der Waals surface area contributed by atoms with Crippen molar-refractivity contribution < 1.29 is 0 Å². The minimum atomic E-state index is 0.716. The molecular weight excluding hydrogens is 226 g/mol. The average molecular weight is 243 g/mol. The van der Waals surface area contributed by atoms with Crippen molar-refractivity contribution in [3.63, 3.8) is 0 Å². The van der Waals surface area contributed by atoms with Crippen molar-refractivity contribution in [1.82, 2.24) is 20.2 Å². The molecule has 5 heteroatoms. The normalized spacial score (nSPS) is 16.2. The van der Waals surface area contributed by atoms with Crippen molar-refractivity contribution in [3.8, 4) is 11.4 Å². The van der Waals surface area contributed by atoms with E-state index in [0.29, 0.717) is 5.92 Å². The van der Waals surface area contributed by atoms with Crippen molar-refractivity contribution in [1.29, 1.82) is 0 Å². The zero-order valence-electron chi connectivity index (χ0n) is 10.3. The summed E-state index contributed by atoms with van der Waals surface area (Å²) in [6.07, 6.45) is 5.24. The van der Waals surface area contributed by atoms with Crippen LogP contribution >= 0.6 is 0 Å². The van der Waals surface area contributed by atoms with E-state index in [1.165, 1.54) is 25.7 Å². The maximum absolute atomic E-state index is 5.80. The largest absolute Gasteiger partial charge is 0.399 e. The van der Waals surface area contributed by atoms with Crippen LogP contribution in [0.4, 0.5) is 5.69 Å². The monoisotopic (exact) mass is 243 g/mol. The van der Waals surface area contributed by atoms with E-state index in [1.54, 1.807) is 0 Å². The van der Waals surface area contributed by atoms with E-state index in [9.17, 15) is 0 Å². The summed E-state index contributed by atoms with van der Waals surface area (Å²) in [5, 5.41) is 12.0. The number of hydrogen-bond donors (Lipinski definition) is 1. The van der Waals surface area contributed by atoms with E-state index < -0.39 is 0 Å². The summed E-state index contributed by atoms with van der Waals surface area (Å²) in [5.74, 6) is 1.53. The van der Waals surface area contributed by atoms with E-state index in [0.717, 1.165) is 23.6 Å². The topological polar surface area (TPSA) is 69.6 Å². The molecule has 0 amide bonds. The van der Waals surface area contributed by atoms with Crippen LogP contribution in [0.1, 0.15) is 25.7 Å². The van der Waals surface area contributed by atoms with Gasteiger partial charge in [0.15, 0.2) is 5.82 Å². The maximum Gasteiger partial charge on any atom is 0.182 e. The van der Waals surface area contributed by atoms with E-state index in [4.69, 9.17) is 5.73 Å². The second kappa shape index (κ2) is 4.76. The Morgan fingerprint density at radius 1 is 1.28 bits per heavy atom. The zero-order chi connectivity index (χ0) is 12.4. The molecule has 1 saturated carbocycles. The molecule has 18 heavy (non-hydrogen) atoms. The van der Waals surface area contributed by atoms with E-state index in [1.807, 2.05) is 28.9 Å². The van der Waals surface area contributed by atoms with Crippen LogP contribution in [0, 0.1) is 5.92 Å². The number of rotatable bonds is 3. The first-order chi connectivity index (χ1) is 8.83. The fraction of sp³-hybridized carbons (Fsp3) is 0.462. The molecule has 5 nitrogen and oxygen atoms in total. The van der Waals surface area contributed by atoms with Crippen molar-refractivity contribution >= 4 is 5.69 Å². The standard InChI is InChI=1S/C13H17N5/c14-12-7-3-6-11(8-12)13-15-16-17-18(13)9-10-4-1-2-5-10/h3,6-8,10H,1-2,4-5,9,14H2. The van der Waals surface area contributed by atoms with Crippen molar-refractivity contribution in [3.05, 3.63) is 24.3 Å². The third-order valence-corrected chi connectivity index (χ3v) is 3.58. The van der Waals surface area contributed by atoms with Gasteiger partial charge in [-0.1, -0.05) is 25.0 Å². The highest BCUT2D eigenvalue weighted by molar-refractivity contribution is 5.60. The molecule has 0 radical (unpaired) electrons. The zero-order valence-corrected chi connectivity index (χ0v) is 10.3. The first-order valence-corrected chi connectivity index (χ1v) is 6.45. The van der Waals surface area contributed by atoms with Gasteiger partial charge in [0, 0.05) is 17.8 Å². The third kappa shape index (κ3) is 2.20. The van der Waals surface area contributed by atoms with Gasteiger partial charge in [-0.2, -0.15) is 0 Å². The van der Waals surface area contributed by atoms with Gasteiger partial charge in [-0.05, 0) is 41.3 Å². The van der Waals surface area contributed by atoms with Gasteiger partial charge in [-0.15, -0.1) is 5.10 Å². The second-order valence-corrected chi connectivity index (χ2v) is 4.96. The molecule has 0 spiro atoms. The van der Waals surface area contributed by atoms with E-state index >= 15 is 0 Å². The summed E-state index contributed by atoms with van der Waals surface area (Å²) >= 11 is 0. The molecule has 3 rings (SSSR count). The van der Waals surface area contributed by atoms with Crippen LogP contribution in [-0.4, -0.2) is 20.2 Å². The summed E-state index contributed by atoms with van der Waals surface area (Å²) in [4.78, 5) is 0. The number of benzene rings is 1. The molecule has 0 atom stereocenters. The minimum absolute atomic E-state index is 0.716. The molecule has 1 heterocycles. The Kier molecular flexibility index (Phi) is 2.96. The average Bonchev–Trinajstić information content (AvgIpc) is 3.01. The fourth-order valence-electron chi connectivity index (χ4n) is 2.65. The predicted octanol–water partition coefficient (Wildman–Crippen LogP) is 2.11. The van der Waals surface area contributed by atoms with Crippen LogP contribution in [0.3, 0.4) is 0 Å². The molecule has 2 N–H and O–H groups in total. The van der Waals surface area contributed by atoms with E-state index in [2.05, 4.69) is 15.5 Å². The molecule has 1 aliphatic carbocycles. The van der Waals surface area contributed by atoms with Gasteiger partial charge >= 0.3 is 0 Å². The number of nitrogens with two attached hydrogens (primary N) is 1. The Balaban J connectivity index is 1.86. The molecule has 1 aromatic heterocycles. The molecule has 2 aromatic rings. The lowest BCUT2D eigenvalue weighted by Crippen LogP contribution is -2.10. The number of tetrazole rings is 1. The Morgan fingerprint density at radius 3 is 2.89 bits per heavy atom. The molecule has 1 aliphatic rings. The lowest BCUT2D eigenvalue weighted by atomic mass is 10.1. The Hall–Kier alpha value is -1.91. The van der Waals surface area contributed by atoms with Gasteiger partial charge in [0.2, 0.25) is 0 Å². The fourth-order valence-corrected chi connectivity index (χ4v) is 2.65. The van der Waals surface area contributed by atoms with Gasteiger partial charge in [-0.3, -0.25) is 0 Å². The summed E-state index contributed by atoms with van der Waals surface area (Å²) in [7, 11) is 0. The Bertz CT molecular complexity index is 528. The van der Waals surface area contributed by atoms with Crippen molar-refractivity contribution in [2.24, 2.45) is 5.92 Å². The van der Waals surface area contributed by atoms with Crippen LogP contribution in [-0.2, 0) is 6.54 Å². The molecule has 0 bridgehead atoms.